The van der Waals surface area contributed by atoms with Crippen LogP contribution in [0.1, 0.15) is 38.7 Å². The SMILES string of the molecule is CC[C@H](C)[C@H](NC(=O)C1(c2ccccc2)CCN(C(=O)[C@@H]2CSCN2)CC1)C(=O)O. The van der Waals surface area contributed by atoms with E-state index in [0.717, 1.165) is 17.2 Å². The summed E-state index contributed by atoms with van der Waals surface area (Å²) in [5, 5.41) is 15.7. The van der Waals surface area contributed by atoms with E-state index in [0.29, 0.717) is 32.4 Å². The third-order valence-corrected chi connectivity index (χ3v) is 7.41. The molecule has 2 heterocycles. The highest BCUT2D eigenvalue weighted by Crippen LogP contribution is 2.36. The monoisotopic (exact) mass is 433 g/mol. The zero-order chi connectivity index (χ0) is 21.7. The average Bonchev–Trinajstić information content (AvgIpc) is 3.31. The van der Waals surface area contributed by atoms with Crippen molar-refractivity contribution in [2.24, 2.45) is 5.92 Å². The van der Waals surface area contributed by atoms with Crippen LogP contribution in [0.3, 0.4) is 0 Å². The Labute approximate surface area is 182 Å². The Balaban J connectivity index is 1.80. The van der Waals surface area contributed by atoms with Crippen LogP contribution in [0.5, 0.6) is 0 Å². The van der Waals surface area contributed by atoms with E-state index in [-0.39, 0.29) is 23.8 Å². The highest BCUT2D eigenvalue weighted by molar-refractivity contribution is 7.99. The van der Waals surface area contributed by atoms with E-state index >= 15 is 0 Å². The van der Waals surface area contributed by atoms with Gasteiger partial charge < -0.3 is 15.3 Å². The lowest BCUT2D eigenvalue weighted by Gasteiger charge is -2.42. The van der Waals surface area contributed by atoms with Crippen molar-refractivity contribution >= 4 is 29.5 Å². The van der Waals surface area contributed by atoms with E-state index in [2.05, 4.69) is 10.6 Å². The molecule has 0 unspecified atom stereocenters. The van der Waals surface area contributed by atoms with Gasteiger partial charge in [-0.3, -0.25) is 14.9 Å². The van der Waals surface area contributed by atoms with Crippen LogP contribution in [0.4, 0.5) is 0 Å². The van der Waals surface area contributed by atoms with Crippen LogP contribution in [-0.2, 0) is 19.8 Å². The van der Waals surface area contributed by atoms with Gasteiger partial charge in [0.05, 0.1) is 11.5 Å². The number of carbonyl (C=O) groups is 3. The fourth-order valence-electron chi connectivity index (χ4n) is 4.25. The van der Waals surface area contributed by atoms with Crippen molar-refractivity contribution in [3.8, 4) is 0 Å². The van der Waals surface area contributed by atoms with E-state index in [1.165, 1.54) is 0 Å². The number of aliphatic carboxylic acids is 1. The molecule has 1 aromatic rings. The molecule has 2 amide bonds. The molecule has 0 bridgehead atoms. The molecule has 0 aliphatic carbocycles. The second-order valence-corrected chi connectivity index (χ2v) is 9.25. The number of likely N-dealkylation sites (tertiary alicyclic amines) is 1. The number of piperidine rings is 1. The van der Waals surface area contributed by atoms with Crippen molar-refractivity contribution in [2.75, 3.05) is 24.7 Å². The summed E-state index contributed by atoms with van der Waals surface area (Å²) in [4.78, 5) is 39.9. The molecule has 3 rings (SSSR count). The minimum atomic E-state index is -1.02. The predicted octanol–water partition coefficient (Wildman–Crippen LogP) is 1.82. The van der Waals surface area contributed by atoms with Gasteiger partial charge in [-0.15, -0.1) is 11.8 Å². The minimum absolute atomic E-state index is 0.0880. The fourth-order valence-corrected chi connectivity index (χ4v) is 5.18. The Bertz CT molecular complexity index is 759. The minimum Gasteiger partial charge on any atom is -0.480 e. The lowest BCUT2D eigenvalue weighted by atomic mass is 9.71. The molecule has 0 radical (unpaired) electrons. The molecule has 8 heteroatoms. The third-order valence-electron chi connectivity index (χ3n) is 6.47. The van der Waals surface area contributed by atoms with Crippen LogP contribution in [0, 0.1) is 5.92 Å². The van der Waals surface area contributed by atoms with E-state index in [4.69, 9.17) is 0 Å². The first-order valence-electron chi connectivity index (χ1n) is 10.6. The van der Waals surface area contributed by atoms with Crippen LogP contribution < -0.4 is 10.6 Å². The van der Waals surface area contributed by atoms with Crippen molar-refractivity contribution < 1.29 is 19.5 Å². The van der Waals surface area contributed by atoms with Gasteiger partial charge >= 0.3 is 5.97 Å². The van der Waals surface area contributed by atoms with Crippen LogP contribution in [0.2, 0.25) is 0 Å². The van der Waals surface area contributed by atoms with E-state index in [1.807, 2.05) is 49.1 Å². The number of nitrogens with one attached hydrogen (secondary N) is 2. The molecule has 3 atom stereocenters. The summed E-state index contributed by atoms with van der Waals surface area (Å²) in [6.07, 6.45) is 1.60. The maximum atomic E-state index is 13.5. The van der Waals surface area contributed by atoms with Gasteiger partial charge in [0.2, 0.25) is 11.8 Å². The van der Waals surface area contributed by atoms with Crippen LogP contribution in [0.25, 0.3) is 0 Å². The summed E-state index contributed by atoms with van der Waals surface area (Å²) in [6.45, 7) is 4.71. The molecular weight excluding hydrogens is 402 g/mol. The first kappa shape index (κ1) is 22.6. The molecule has 3 N–H and O–H groups in total. The van der Waals surface area contributed by atoms with Gasteiger partial charge in [-0.2, -0.15) is 0 Å². The zero-order valence-electron chi connectivity index (χ0n) is 17.6. The Kier molecular flexibility index (Phi) is 7.41. The number of carboxylic acid groups (broad SMARTS) is 1. The summed E-state index contributed by atoms with van der Waals surface area (Å²) in [6, 6.07) is 8.44. The Hall–Kier alpha value is -2.06. The molecule has 2 fully saturated rings. The van der Waals surface area contributed by atoms with Gasteiger partial charge in [0.1, 0.15) is 6.04 Å². The number of amides is 2. The van der Waals surface area contributed by atoms with E-state index in [9.17, 15) is 19.5 Å². The molecular formula is C22H31N3O4S. The van der Waals surface area contributed by atoms with Gasteiger partial charge in [-0.25, -0.2) is 4.79 Å². The third kappa shape index (κ3) is 4.64. The second kappa shape index (κ2) is 9.83. The number of carbonyl (C=O) groups excluding carboxylic acids is 2. The molecule has 2 aliphatic heterocycles. The predicted molar refractivity (Wildman–Crippen MR) is 117 cm³/mol. The number of thioether (sulfide) groups is 1. The normalized spacial score (nSPS) is 22.9. The highest BCUT2D eigenvalue weighted by Gasteiger charge is 2.45. The van der Waals surface area contributed by atoms with Crippen molar-refractivity contribution in [1.29, 1.82) is 0 Å². The molecule has 2 aliphatic rings. The molecule has 0 saturated carbocycles. The zero-order valence-corrected chi connectivity index (χ0v) is 18.4. The van der Waals surface area contributed by atoms with Gasteiger partial charge in [-0.1, -0.05) is 50.6 Å². The molecule has 0 aromatic heterocycles. The van der Waals surface area contributed by atoms with Crippen molar-refractivity contribution in [2.45, 2.75) is 50.6 Å². The van der Waals surface area contributed by atoms with E-state index < -0.39 is 17.4 Å². The topological polar surface area (TPSA) is 98.7 Å². The van der Waals surface area contributed by atoms with Crippen LogP contribution in [0.15, 0.2) is 30.3 Å². The summed E-state index contributed by atoms with van der Waals surface area (Å²) in [5.74, 6) is 0.195. The number of carboxylic acids is 1. The molecule has 7 nitrogen and oxygen atoms in total. The molecule has 0 spiro atoms. The van der Waals surface area contributed by atoms with Crippen LogP contribution >= 0.6 is 11.8 Å². The summed E-state index contributed by atoms with van der Waals surface area (Å²) < 4.78 is 0. The average molecular weight is 434 g/mol. The molecule has 164 valence electrons. The summed E-state index contributed by atoms with van der Waals surface area (Å²) in [7, 11) is 0. The van der Waals surface area contributed by atoms with E-state index in [1.54, 1.807) is 11.8 Å². The molecule has 2 saturated heterocycles. The Morgan fingerprint density at radius 1 is 1.27 bits per heavy atom. The largest absolute Gasteiger partial charge is 0.480 e. The maximum Gasteiger partial charge on any atom is 0.326 e. The second-order valence-electron chi connectivity index (χ2n) is 8.22. The maximum absolute atomic E-state index is 13.5. The van der Waals surface area contributed by atoms with Gasteiger partial charge in [0.15, 0.2) is 0 Å². The smallest absolute Gasteiger partial charge is 0.326 e. The van der Waals surface area contributed by atoms with Gasteiger partial charge in [0, 0.05) is 24.7 Å². The van der Waals surface area contributed by atoms with Crippen molar-refractivity contribution in [1.82, 2.24) is 15.5 Å². The number of nitrogens with zero attached hydrogens (tertiary/aromatic N) is 1. The lowest BCUT2D eigenvalue weighted by Crippen LogP contribution is -2.58. The van der Waals surface area contributed by atoms with Gasteiger partial charge in [-0.05, 0) is 24.3 Å². The Morgan fingerprint density at radius 3 is 2.47 bits per heavy atom. The van der Waals surface area contributed by atoms with Gasteiger partial charge in [0.25, 0.3) is 0 Å². The Morgan fingerprint density at radius 2 is 1.93 bits per heavy atom. The molecule has 1 aromatic carbocycles. The number of hydrogen-bond acceptors (Lipinski definition) is 5. The molecule has 30 heavy (non-hydrogen) atoms. The number of rotatable bonds is 7. The quantitative estimate of drug-likeness (QED) is 0.607. The van der Waals surface area contributed by atoms with Crippen molar-refractivity contribution in [3.05, 3.63) is 35.9 Å². The first-order valence-corrected chi connectivity index (χ1v) is 11.7. The number of hydrogen-bond donors (Lipinski definition) is 3. The lowest BCUT2D eigenvalue weighted by molar-refractivity contribution is -0.145. The summed E-state index contributed by atoms with van der Waals surface area (Å²) >= 11 is 1.71. The summed E-state index contributed by atoms with van der Waals surface area (Å²) in [5.41, 5.74) is 0.0364. The standard InChI is InChI=1S/C22H31N3O4S/c1-3-15(2)18(20(27)28)24-21(29)22(16-7-5-4-6-8-16)9-11-25(12-10-22)19(26)17-13-30-14-23-17/h4-8,15,17-18,23H,3,9-14H2,1-2H3,(H,24,29)(H,27,28)/t15-,17-,18-/m0/s1. The first-order chi connectivity index (χ1) is 14.4. The van der Waals surface area contributed by atoms with Crippen LogP contribution in [-0.4, -0.2) is 64.6 Å². The fraction of sp³-hybridized carbons (Fsp3) is 0.591. The van der Waals surface area contributed by atoms with Crippen molar-refractivity contribution in [3.63, 3.8) is 0 Å². The number of benzene rings is 1. The highest BCUT2D eigenvalue weighted by atomic mass is 32.2.